The number of amides is 4. The van der Waals surface area contributed by atoms with E-state index in [1.165, 1.54) is 0 Å². The summed E-state index contributed by atoms with van der Waals surface area (Å²) in [5.74, 6) is 2.28. The van der Waals surface area contributed by atoms with Crippen molar-refractivity contribution in [3.8, 4) is 0 Å². The molecule has 6 rings (SSSR count). The van der Waals surface area contributed by atoms with Gasteiger partial charge in [0.25, 0.3) is 0 Å². The quantitative estimate of drug-likeness (QED) is 0.499. The van der Waals surface area contributed by atoms with E-state index >= 15 is 0 Å². The largest absolute Gasteiger partial charge is 0.400 e. The molecule has 8 nitrogen and oxygen atoms in total. The first-order valence-electron chi connectivity index (χ1n) is 9.97. The highest BCUT2D eigenvalue weighted by Gasteiger charge is 2.58. The average Bonchev–Trinajstić information content (AvgIpc) is 3.52. The zero-order valence-corrected chi connectivity index (χ0v) is 16.1. The van der Waals surface area contributed by atoms with Crippen LogP contribution >= 0.6 is 0 Å². The number of fused-ring (bicyclic) bond motifs is 10. The molecule has 4 amide bonds. The van der Waals surface area contributed by atoms with Crippen molar-refractivity contribution in [3.63, 3.8) is 0 Å². The van der Waals surface area contributed by atoms with Gasteiger partial charge >= 0.3 is 0 Å². The van der Waals surface area contributed by atoms with E-state index in [0.717, 1.165) is 45.6 Å². The molecule has 0 unspecified atom stereocenters. The van der Waals surface area contributed by atoms with Crippen LogP contribution in [0.2, 0.25) is 0 Å². The average molecular weight is 392 g/mol. The van der Waals surface area contributed by atoms with Crippen molar-refractivity contribution in [1.29, 1.82) is 0 Å². The van der Waals surface area contributed by atoms with Crippen molar-refractivity contribution in [3.05, 3.63) is 0 Å². The third kappa shape index (κ3) is 3.07. The highest BCUT2D eigenvalue weighted by atomic mass is 16.2. The van der Waals surface area contributed by atoms with Gasteiger partial charge in [-0.2, -0.15) is 0 Å². The molecule has 8 heteroatoms. The summed E-state index contributed by atoms with van der Waals surface area (Å²) in [5.41, 5.74) is 0. The molecular formula is C20H28N2O6. The highest BCUT2D eigenvalue weighted by Crippen LogP contribution is 2.55. The Labute approximate surface area is 163 Å². The van der Waals surface area contributed by atoms with E-state index in [9.17, 15) is 19.2 Å². The summed E-state index contributed by atoms with van der Waals surface area (Å²) in [5, 5.41) is 11.9. The molecule has 2 saturated heterocycles. The van der Waals surface area contributed by atoms with Crippen molar-refractivity contribution in [2.45, 2.75) is 38.5 Å². The van der Waals surface area contributed by atoms with Crippen LogP contribution in [-0.2, 0) is 24.0 Å². The molecule has 154 valence electrons. The molecule has 6 aliphatic rings. The van der Waals surface area contributed by atoms with Gasteiger partial charge in [0.2, 0.25) is 23.6 Å². The number of nitrogens with one attached hydrogen (secondary N) is 2. The number of imide groups is 2. The first-order chi connectivity index (χ1) is 13.5. The van der Waals surface area contributed by atoms with Gasteiger partial charge in [0.05, 0.1) is 23.7 Å². The molecule has 0 aromatic carbocycles. The van der Waals surface area contributed by atoms with Gasteiger partial charge in [-0.05, 0) is 62.2 Å². The van der Waals surface area contributed by atoms with Crippen LogP contribution in [0.5, 0.6) is 0 Å². The lowest BCUT2D eigenvalue weighted by atomic mass is 9.81. The number of hydrogen-bond acceptors (Lipinski definition) is 6. The highest BCUT2D eigenvalue weighted by molar-refractivity contribution is 6.06. The monoisotopic (exact) mass is 392 g/mol. The Morgan fingerprint density at radius 2 is 0.821 bits per heavy atom. The molecule has 4 saturated carbocycles. The molecular weight excluding hydrogens is 364 g/mol. The van der Waals surface area contributed by atoms with Crippen LogP contribution < -0.4 is 10.6 Å². The fourth-order valence-corrected chi connectivity index (χ4v) is 6.67. The predicted molar refractivity (Wildman–Crippen MR) is 97.2 cm³/mol. The Morgan fingerprint density at radius 3 is 1.04 bits per heavy atom. The summed E-state index contributed by atoms with van der Waals surface area (Å²) in [7, 11) is 1.00. The molecule has 28 heavy (non-hydrogen) atoms. The number of aliphatic hydroxyl groups is 1. The van der Waals surface area contributed by atoms with Crippen LogP contribution in [0, 0.1) is 47.3 Å². The van der Waals surface area contributed by atoms with Gasteiger partial charge in [0, 0.05) is 7.11 Å². The maximum Gasteiger partial charge on any atom is 0.230 e. The Hall–Kier alpha value is -2.09. The molecule has 2 aliphatic heterocycles. The van der Waals surface area contributed by atoms with Crippen LogP contribution in [0.25, 0.3) is 0 Å². The lowest BCUT2D eigenvalue weighted by molar-refractivity contribution is -0.128. The van der Waals surface area contributed by atoms with Crippen molar-refractivity contribution in [1.82, 2.24) is 10.6 Å². The molecule has 0 aromatic heterocycles. The van der Waals surface area contributed by atoms with Crippen LogP contribution in [-0.4, -0.2) is 42.6 Å². The fourth-order valence-electron chi connectivity index (χ4n) is 6.67. The van der Waals surface area contributed by atoms with E-state index in [1.807, 2.05) is 6.79 Å². The number of carbonyl (C=O) groups is 5. The van der Waals surface area contributed by atoms with E-state index in [1.54, 1.807) is 0 Å². The minimum atomic E-state index is -0.00259. The van der Waals surface area contributed by atoms with Gasteiger partial charge < -0.3 is 9.90 Å². The van der Waals surface area contributed by atoms with Gasteiger partial charge in [0.15, 0.2) is 0 Å². The minimum Gasteiger partial charge on any atom is -0.400 e. The number of rotatable bonds is 0. The molecule has 0 radical (unpaired) electrons. The van der Waals surface area contributed by atoms with Crippen molar-refractivity contribution in [2.75, 3.05) is 7.11 Å². The molecule has 4 aliphatic carbocycles. The zero-order valence-electron chi connectivity index (χ0n) is 16.1. The predicted octanol–water partition coefficient (Wildman–Crippen LogP) is 0.0338. The molecule has 0 aromatic rings. The second-order valence-corrected chi connectivity index (χ2v) is 8.48. The molecule has 2 heterocycles. The topological polar surface area (TPSA) is 130 Å². The van der Waals surface area contributed by atoms with Crippen LogP contribution in [0.15, 0.2) is 0 Å². The number of hydrogen-bond donors (Lipinski definition) is 3. The lowest BCUT2D eigenvalue weighted by Gasteiger charge is -2.19. The first-order valence-corrected chi connectivity index (χ1v) is 9.97. The van der Waals surface area contributed by atoms with E-state index in [4.69, 9.17) is 9.90 Å². The molecule has 0 spiro atoms. The number of aliphatic hydroxyl groups excluding tert-OH is 1. The van der Waals surface area contributed by atoms with Crippen LogP contribution in [0.3, 0.4) is 0 Å². The Bertz CT molecular complexity index is 572. The number of carbonyl (C=O) groups excluding carboxylic acids is 5. The van der Waals surface area contributed by atoms with E-state index in [2.05, 4.69) is 10.6 Å². The van der Waals surface area contributed by atoms with E-state index < -0.39 is 0 Å². The summed E-state index contributed by atoms with van der Waals surface area (Å²) in [6, 6.07) is 0. The van der Waals surface area contributed by atoms with E-state index in [-0.39, 0.29) is 47.3 Å². The summed E-state index contributed by atoms with van der Waals surface area (Å²) in [4.78, 5) is 53.3. The lowest BCUT2D eigenvalue weighted by Crippen LogP contribution is -2.24. The first kappa shape index (κ1) is 20.6. The summed E-state index contributed by atoms with van der Waals surface area (Å²) in [6.07, 6.45) is 6.88. The zero-order chi connectivity index (χ0) is 20.6. The van der Waals surface area contributed by atoms with Gasteiger partial charge in [-0.1, -0.05) is 0 Å². The third-order valence-corrected chi connectivity index (χ3v) is 7.54. The second-order valence-electron chi connectivity index (χ2n) is 8.48. The van der Waals surface area contributed by atoms with Gasteiger partial charge in [0.1, 0.15) is 6.79 Å². The van der Waals surface area contributed by atoms with Crippen molar-refractivity contribution >= 4 is 30.4 Å². The molecule has 6 fully saturated rings. The molecule has 8 atom stereocenters. The summed E-state index contributed by atoms with van der Waals surface area (Å²) < 4.78 is 0. The summed E-state index contributed by atoms with van der Waals surface area (Å²) >= 11 is 0. The van der Waals surface area contributed by atoms with Gasteiger partial charge in [-0.3, -0.25) is 29.8 Å². The van der Waals surface area contributed by atoms with Gasteiger partial charge in [-0.25, -0.2) is 0 Å². The second kappa shape index (κ2) is 8.11. The Balaban J connectivity index is 0.000000137. The Kier molecular flexibility index (Phi) is 5.98. The Morgan fingerprint density at radius 1 is 0.607 bits per heavy atom. The summed E-state index contributed by atoms with van der Waals surface area (Å²) in [6.45, 7) is 2.00. The standard InChI is InChI=1S/2C9H11NO2.CH4O.CH2O/c2*11-8-6-4-1-2-5(3-4)7(6)9(12)10-8;2*1-2/h2*4-7H,1-3H2,(H,10,11,12);2H,1H3;1H2/t2*4-,5+,6+,7-;;. The van der Waals surface area contributed by atoms with Gasteiger partial charge in [-0.15, -0.1) is 0 Å². The molecule has 3 N–H and O–H groups in total. The van der Waals surface area contributed by atoms with Crippen molar-refractivity contribution in [2.24, 2.45) is 47.3 Å². The smallest absolute Gasteiger partial charge is 0.230 e. The SMILES string of the molecule is C=O.CO.O=C1NC(=O)[C@H]2[C@@H]3CC[C@@H](C3)[C@@H]12.O=C1NC(=O)[C@H]2[C@@H]3CC[C@@H](C3)[C@@H]12. The third-order valence-electron chi connectivity index (χ3n) is 7.54. The maximum absolute atomic E-state index is 11.3. The van der Waals surface area contributed by atoms with E-state index in [0.29, 0.717) is 23.7 Å². The fraction of sp³-hybridized carbons (Fsp3) is 0.750. The minimum absolute atomic E-state index is 0.00259. The van der Waals surface area contributed by atoms with Crippen LogP contribution in [0.1, 0.15) is 38.5 Å². The maximum atomic E-state index is 11.3. The van der Waals surface area contributed by atoms with Crippen LogP contribution in [0.4, 0.5) is 0 Å². The normalized spacial score (nSPS) is 42.9. The van der Waals surface area contributed by atoms with Crippen molar-refractivity contribution < 1.29 is 29.1 Å². The molecule has 4 bridgehead atoms.